The molecule has 0 bridgehead atoms. The summed E-state index contributed by atoms with van der Waals surface area (Å²) in [5.41, 5.74) is -0.460. The highest BCUT2D eigenvalue weighted by molar-refractivity contribution is 5.67. The van der Waals surface area contributed by atoms with Gasteiger partial charge in [-0.1, -0.05) is 13.3 Å². The maximum Gasteiger partial charge on any atom is 0.410 e. The van der Waals surface area contributed by atoms with Crippen molar-refractivity contribution in [3.8, 4) is 0 Å². The summed E-state index contributed by atoms with van der Waals surface area (Å²) >= 11 is 0. The Hall–Kier alpha value is -1.06. The van der Waals surface area contributed by atoms with E-state index in [0.717, 1.165) is 19.1 Å². The van der Waals surface area contributed by atoms with Gasteiger partial charge in [-0.05, 0) is 33.1 Å². The topological polar surface area (TPSA) is 46.6 Å². The fraction of sp³-hybridized carbons (Fsp3) is 0.846. The van der Waals surface area contributed by atoms with Gasteiger partial charge < -0.3 is 14.4 Å². The molecule has 0 aliphatic rings. The van der Waals surface area contributed by atoms with E-state index in [9.17, 15) is 9.59 Å². The Morgan fingerprint density at radius 2 is 2.00 bits per heavy atom. The first kappa shape index (κ1) is 15.9. The monoisotopic (exact) mass is 243 g/mol. The summed E-state index contributed by atoms with van der Waals surface area (Å²) in [4.78, 5) is 23.7. The Morgan fingerprint density at radius 1 is 1.41 bits per heavy atom. The highest BCUT2D eigenvalue weighted by Crippen LogP contribution is 2.14. The van der Waals surface area contributed by atoms with Crippen molar-refractivity contribution in [1.29, 1.82) is 0 Å². The molecule has 4 nitrogen and oxygen atoms in total. The summed E-state index contributed by atoms with van der Waals surface area (Å²) in [6, 6.07) is 0. The van der Waals surface area contributed by atoms with Crippen LogP contribution in [0.25, 0.3) is 0 Å². The van der Waals surface area contributed by atoms with Gasteiger partial charge in [0, 0.05) is 20.0 Å². The smallest absolute Gasteiger partial charge is 0.410 e. The Bertz CT molecular complexity index is 246. The first-order chi connectivity index (χ1) is 7.80. The quantitative estimate of drug-likeness (QED) is 0.674. The average molecular weight is 243 g/mol. The Kier molecular flexibility index (Phi) is 6.85. The molecule has 0 saturated heterocycles. The number of hydrogen-bond donors (Lipinski definition) is 0. The molecule has 1 unspecified atom stereocenters. The van der Waals surface area contributed by atoms with Crippen LogP contribution in [0.2, 0.25) is 0 Å². The van der Waals surface area contributed by atoms with Crippen LogP contribution in [0.1, 0.15) is 47.0 Å². The van der Waals surface area contributed by atoms with Crippen molar-refractivity contribution >= 4 is 12.4 Å². The minimum atomic E-state index is -0.460. The number of carbonyl (C=O) groups excluding carboxylic acids is 2. The standard InChI is InChI=1S/C13H25NO3/c1-6-11(8-10-15)7-9-14(5)12(16)17-13(2,3)4/h10-11H,6-9H2,1-5H3. The van der Waals surface area contributed by atoms with Gasteiger partial charge in [0.25, 0.3) is 0 Å². The molecule has 0 aromatic heterocycles. The lowest BCUT2D eigenvalue weighted by molar-refractivity contribution is -0.108. The van der Waals surface area contributed by atoms with Crippen LogP contribution >= 0.6 is 0 Å². The van der Waals surface area contributed by atoms with Crippen LogP contribution in [-0.2, 0) is 9.53 Å². The molecule has 0 N–H and O–H groups in total. The molecule has 0 spiro atoms. The van der Waals surface area contributed by atoms with E-state index >= 15 is 0 Å². The SMILES string of the molecule is CCC(CC=O)CCN(C)C(=O)OC(C)(C)C. The lowest BCUT2D eigenvalue weighted by atomic mass is 9.99. The minimum absolute atomic E-state index is 0.307. The number of nitrogens with zero attached hydrogens (tertiary/aromatic N) is 1. The molecule has 0 aromatic carbocycles. The van der Waals surface area contributed by atoms with Gasteiger partial charge in [-0.15, -0.1) is 0 Å². The number of hydrogen-bond acceptors (Lipinski definition) is 3. The third-order valence-electron chi connectivity index (χ3n) is 2.58. The second-order valence-corrected chi connectivity index (χ2v) is 5.37. The largest absolute Gasteiger partial charge is 0.444 e. The lowest BCUT2D eigenvalue weighted by Crippen LogP contribution is -2.35. The molecule has 0 radical (unpaired) electrons. The summed E-state index contributed by atoms with van der Waals surface area (Å²) in [5, 5.41) is 0. The number of amides is 1. The van der Waals surface area contributed by atoms with Crippen LogP contribution in [-0.4, -0.2) is 36.5 Å². The molecule has 0 fully saturated rings. The fourth-order valence-electron chi connectivity index (χ4n) is 1.43. The summed E-state index contributed by atoms with van der Waals surface area (Å²) in [6.07, 6.45) is 3.00. The zero-order valence-corrected chi connectivity index (χ0v) is 11.7. The number of carbonyl (C=O) groups is 2. The Morgan fingerprint density at radius 3 is 2.41 bits per heavy atom. The highest BCUT2D eigenvalue weighted by Gasteiger charge is 2.19. The van der Waals surface area contributed by atoms with E-state index in [4.69, 9.17) is 4.74 Å². The van der Waals surface area contributed by atoms with E-state index in [-0.39, 0.29) is 6.09 Å². The van der Waals surface area contributed by atoms with E-state index in [2.05, 4.69) is 6.92 Å². The third-order valence-corrected chi connectivity index (χ3v) is 2.58. The first-order valence-corrected chi connectivity index (χ1v) is 6.18. The molecular formula is C13H25NO3. The van der Waals surface area contributed by atoms with Crippen molar-refractivity contribution < 1.29 is 14.3 Å². The fourth-order valence-corrected chi connectivity index (χ4v) is 1.43. The molecule has 4 heteroatoms. The van der Waals surface area contributed by atoms with Crippen molar-refractivity contribution in [2.45, 2.75) is 52.6 Å². The van der Waals surface area contributed by atoms with Crippen molar-refractivity contribution in [2.24, 2.45) is 5.92 Å². The number of ether oxygens (including phenoxy) is 1. The summed E-state index contributed by atoms with van der Waals surface area (Å²) in [5.74, 6) is 0.359. The predicted molar refractivity (Wildman–Crippen MR) is 67.9 cm³/mol. The molecule has 1 amide bonds. The number of aldehydes is 1. The van der Waals surface area contributed by atoms with Gasteiger partial charge in [0.1, 0.15) is 11.9 Å². The summed E-state index contributed by atoms with van der Waals surface area (Å²) < 4.78 is 5.24. The second-order valence-electron chi connectivity index (χ2n) is 5.37. The van der Waals surface area contributed by atoms with Crippen LogP contribution in [0.3, 0.4) is 0 Å². The predicted octanol–water partition coefficient (Wildman–Crippen LogP) is 2.86. The second kappa shape index (κ2) is 7.30. The molecule has 0 aliphatic carbocycles. The van der Waals surface area contributed by atoms with E-state index in [1.54, 1.807) is 11.9 Å². The van der Waals surface area contributed by atoms with Gasteiger partial charge in [-0.25, -0.2) is 4.79 Å². The van der Waals surface area contributed by atoms with Gasteiger partial charge in [0.05, 0.1) is 0 Å². The van der Waals surface area contributed by atoms with Crippen LogP contribution in [0.5, 0.6) is 0 Å². The van der Waals surface area contributed by atoms with Gasteiger partial charge in [0.2, 0.25) is 0 Å². The van der Waals surface area contributed by atoms with Crippen LogP contribution in [0, 0.1) is 5.92 Å². The van der Waals surface area contributed by atoms with Crippen molar-refractivity contribution in [3.63, 3.8) is 0 Å². The zero-order chi connectivity index (χ0) is 13.5. The zero-order valence-electron chi connectivity index (χ0n) is 11.7. The Labute approximate surface area is 104 Å². The van der Waals surface area contributed by atoms with Crippen molar-refractivity contribution in [1.82, 2.24) is 4.90 Å². The minimum Gasteiger partial charge on any atom is -0.444 e. The molecule has 0 heterocycles. The van der Waals surface area contributed by atoms with Gasteiger partial charge >= 0.3 is 6.09 Å². The lowest BCUT2D eigenvalue weighted by Gasteiger charge is -2.25. The maximum absolute atomic E-state index is 11.7. The molecule has 0 rings (SSSR count). The van der Waals surface area contributed by atoms with E-state index in [1.165, 1.54) is 0 Å². The van der Waals surface area contributed by atoms with E-state index in [0.29, 0.717) is 18.9 Å². The summed E-state index contributed by atoms with van der Waals surface area (Å²) in [6.45, 7) is 8.23. The third kappa shape index (κ3) is 7.77. The molecule has 0 aliphatic heterocycles. The molecule has 1 atom stereocenters. The molecule has 0 saturated carbocycles. The van der Waals surface area contributed by atoms with Crippen molar-refractivity contribution in [3.05, 3.63) is 0 Å². The summed E-state index contributed by atoms with van der Waals surface area (Å²) in [7, 11) is 1.72. The first-order valence-electron chi connectivity index (χ1n) is 6.18. The van der Waals surface area contributed by atoms with Crippen LogP contribution in [0.15, 0.2) is 0 Å². The van der Waals surface area contributed by atoms with Crippen molar-refractivity contribution in [2.75, 3.05) is 13.6 Å². The van der Waals surface area contributed by atoms with Crippen LogP contribution < -0.4 is 0 Å². The van der Waals surface area contributed by atoms with Gasteiger partial charge in [0.15, 0.2) is 0 Å². The van der Waals surface area contributed by atoms with Crippen LogP contribution in [0.4, 0.5) is 4.79 Å². The highest BCUT2D eigenvalue weighted by atomic mass is 16.6. The maximum atomic E-state index is 11.7. The van der Waals surface area contributed by atoms with E-state index < -0.39 is 5.60 Å². The average Bonchev–Trinajstić information content (AvgIpc) is 2.21. The molecule has 100 valence electrons. The molecular weight excluding hydrogens is 218 g/mol. The van der Waals surface area contributed by atoms with Gasteiger partial charge in [-0.2, -0.15) is 0 Å². The normalized spacial score (nSPS) is 13.0. The molecule has 17 heavy (non-hydrogen) atoms. The van der Waals surface area contributed by atoms with Gasteiger partial charge in [-0.3, -0.25) is 0 Å². The number of rotatable bonds is 6. The Balaban J connectivity index is 4.03. The van der Waals surface area contributed by atoms with E-state index in [1.807, 2.05) is 20.8 Å². The molecule has 0 aromatic rings.